The highest BCUT2D eigenvalue weighted by molar-refractivity contribution is 5.69. The number of aliphatic hydroxyl groups excluding tert-OH is 3. The van der Waals surface area contributed by atoms with E-state index in [1.807, 2.05) is 0 Å². The molecule has 0 spiro atoms. The highest BCUT2D eigenvalue weighted by Crippen LogP contribution is 2.19. The van der Waals surface area contributed by atoms with Crippen LogP contribution >= 0.6 is 0 Å². The topological polar surface area (TPSA) is 126 Å². The fourth-order valence-corrected chi connectivity index (χ4v) is 10.8. The van der Waals surface area contributed by atoms with E-state index >= 15 is 0 Å². The Morgan fingerprint density at radius 2 is 0.750 bits per heavy atom. The molecular formula is C61H122N4O7. The van der Waals surface area contributed by atoms with Crippen molar-refractivity contribution in [1.82, 2.24) is 19.6 Å². The zero-order chi connectivity index (χ0) is 52.9. The average molecular weight is 1020 g/mol. The zero-order valence-corrected chi connectivity index (χ0v) is 48.8. The second kappa shape index (κ2) is 48.1. The Bertz CT molecular complexity index is 1080. The van der Waals surface area contributed by atoms with Gasteiger partial charge >= 0.3 is 11.9 Å². The Morgan fingerprint density at radius 1 is 0.444 bits per heavy atom. The molecule has 11 heteroatoms. The maximum Gasteiger partial charge on any atom is 0.305 e. The highest BCUT2D eigenvalue weighted by atomic mass is 16.5. The molecule has 0 aliphatic carbocycles. The van der Waals surface area contributed by atoms with Gasteiger partial charge in [0, 0.05) is 77.3 Å². The van der Waals surface area contributed by atoms with Crippen LogP contribution in [-0.2, 0) is 19.1 Å². The molecule has 0 amide bonds. The minimum Gasteiger partial charge on any atom is -0.464 e. The van der Waals surface area contributed by atoms with Crippen LogP contribution in [0, 0.1) is 5.92 Å². The molecule has 0 saturated carbocycles. The van der Waals surface area contributed by atoms with Crippen LogP contribution in [0.2, 0.25) is 0 Å². The van der Waals surface area contributed by atoms with Crippen molar-refractivity contribution in [3.05, 3.63) is 0 Å². The first-order chi connectivity index (χ1) is 34.9. The van der Waals surface area contributed by atoms with E-state index in [0.717, 1.165) is 103 Å². The summed E-state index contributed by atoms with van der Waals surface area (Å²) in [5, 5.41) is 32.8. The molecule has 0 aromatic carbocycles. The van der Waals surface area contributed by atoms with Gasteiger partial charge in [0.25, 0.3) is 0 Å². The first kappa shape index (κ1) is 68.7. The normalized spacial score (nSPS) is 17.4. The van der Waals surface area contributed by atoms with Crippen molar-refractivity contribution in [1.29, 1.82) is 0 Å². The molecule has 11 nitrogen and oxygen atoms in total. The number of esters is 2. The van der Waals surface area contributed by atoms with Gasteiger partial charge in [0.2, 0.25) is 0 Å². The third-order valence-corrected chi connectivity index (χ3v) is 15.4. The summed E-state index contributed by atoms with van der Waals surface area (Å²) >= 11 is 0. The predicted octanol–water partition coefficient (Wildman–Crippen LogP) is 13.1. The number of nitrogens with zero attached hydrogens (tertiary/aromatic N) is 4. The smallest absolute Gasteiger partial charge is 0.305 e. The van der Waals surface area contributed by atoms with Crippen LogP contribution in [0.4, 0.5) is 0 Å². The van der Waals surface area contributed by atoms with E-state index in [0.29, 0.717) is 70.2 Å². The Labute approximate surface area is 446 Å². The third kappa shape index (κ3) is 40.0. The maximum atomic E-state index is 12.8. The van der Waals surface area contributed by atoms with E-state index in [2.05, 4.69) is 68.1 Å². The van der Waals surface area contributed by atoms with Crippen LogP contribution in [0.25, 0.3) is 0 Å². The molecular weight excluding hydrogens is 901 g/mol. The van der Waals surface area contributed by atoms with Crippen LogP contribution in [0.1, 0.15) is 267 Å². The molecule has 1 saturated heterocycles. The average Bonchev–Trinajstić information content (AvgIpc) is 3.34. The number of unbranched alkanes of at least 4 members (excludes halogenated alkanes) is 22. The molecule has 6 unspecified atom stereocenters. The molecule has 1 aliphatic heterocycles. The van der Waals surface area contributed by atoms with E-state index in [4.69, 9.17) is 9.47 Å². The summed E-state index contributed by atoms with van der Waals surface area (Å²) in [4.78, 5) is 35.1. The van der Waals surface area contributed by atoms with Crippen molar-refractivity contribution in [2.75, 3.05) is 78.7 Å². The SMILES string of the molecule is CCCCCCCCC(C)CN(CCCCC(=O)OCCN1CC(C)N(CCOC(=O)CCCCN(CC(O)CCCCCCCC)CC(O)CCCCCCCC)CC1C)CC(O)CCCCCCCC. The van der Waals surface area contributed by atoms with Gasteiger partial charge < -0.3 is 29.7 Å². The van der Waals surface area contributed by atoms with Crippen LogP contribution in [0.3, 0.4) is 0 Å². The molecule has 1 rings (SSSR count). The molecule has 428 valence electrons. The number of carbonyl (C=O) groups excluding carboxylic acids is 2. The first-order valence-electron chi connectivity index (χ1n) is 31.2. The summed E-state index contributed by atoms with van der Waals surface area (Å²) in [6.07, 6.45) is 36.7. The highest BCUT2D eigenvalue weighted by Gasteiger charge is 2.29. The second-order valence-corrected chi connectivity index (χ2v) is 22.9. The lowest BCUT2D eigenvalue weighted by molar-refractivity contribution is -0.146. The summed E-state index contributed by atoms with van der Waals surface area (Å²) in [6.45, 7) is 24.3. The van der Waals surface area contributed by atoms with E-state index in [1.165, 1.54) is 141 Å². The van der Waals surface area contributed by atoms with Crippen molar-refractivity contribution >= 4 is 11.9 Å². The second-order valence-electron chi connectivity index (χ2n) is 22.9. The Kier molecular flexibility index (Phi) is 45.8. The van der Waals surface area contributed by atoms with Gasteiger partial charge in [-0.05, 0) is 84.2 Å². The van der Waals surface area contributed by atoms with Crippen molar-refractivity contribution in [3.8, 4) is 0 Å². The third-order valence-electron chi connectivity index (χ3n) is 15.4. The van der Waals surface area contributed by atoms with E-state index in [-0.39, 0.29) is 30.3 Å². The van der Waals surface area contributed by atoms with Gasteiger partial charge in [-0.1, -0.05) is 189 Å². The quantitative estimate of drug-likeness (QED) is 0.0398. The van der Waals surface area contributed by atoms with E-state index < -0.39 is 0 Å². The largest absolute Gasteiger partial charge is 0.464 e. The number of hydrogen-bond acceptors (Lipinski definition) is 11. The fraction of sp³-hybridized carbons (Fsp3) is 0.967. The van der Waals surface area contributed by atoms with Gasteiger partial charge in [-0.15, -0.1) is 0 Å². The molecule has 1 heterocycles. The van der Waals surface area contributed by atoms with Crippen molar-refractivity contribution in [2.45, 2.75) is 297 Å². The van der Waals surface area contributed by atoms with Gasteiger partial charge in [-0.25, -0.2) is 0 Å². The molecule has 0 radical (unpaired) electrons. The van der Waals surface area contributed by atoms with Crippen LogP contribution in [-0.4, -0.2) is 156 Å². The number of carbonyl (C=O) groups is 2. The lowest BCUT2D eigenvalue weighted by Crippen LogP contribution is -2.57. The summed E-state index contributed by atoms with van der Waals surface area (Å²) in [7, 11) is 0. The molecule has 6 atom stereocenters. The summed E-state index contributed by atoms with van der Waals surface area (Å²) in [5.74, 6) is 0.334. The molecule has 1 aliphatic rings. The zero-order valence-electron chi connectivity index (χ0n) is 48.8. The number of ether oxygens (including phenoxy) is 2. The van der Waals surface area contributed by atoms with Gasteiger partial charge in [0.15, 0.2) is 0 Å². The van der Waals surface area contributed by atoms with Crippen LogP contribution < -0.4 is 0 Å². The molecule has 0 aromatic rings. The van der Waals surface area contributed by atoms with Gasteiger partial charge in [0.1, 0.15) is 13.2 Å². The summed E-state index contributed by atoms with van der Waals surface area (Å²) in [5.41, 5.74) is 0. The predicted molar refractivity (Wildman–Crippen MR) is 304 cm³/mol. The van der Waals surface area contributed by atoms with Crippen molar-refractivity contribution in [3.63, 3.8) is 0 Å². The standard InChI is InChI=1S/C61H122N4O7/c1-8-12-16-20-24-28-36-54(5)48-62(51-57(66)37-29-25-21-17-13-9-2)42-34-32-40-60(69)71-46-44-64-49-56(7)65(50-55(64)6)45-47-72-61(70)41-33-35-43-63(52-58(67)38-30-26-22-18-14-10-3)53-59(68)39-31-27-23-19-15-11-4/h54-59,66-68H,8-53H2,1-7H3. The summed E-state index contributed by atoms with van der Waals surface area (Å²) < 4.78 is 11.5. The monoisotopic (exact) mass is 1020 g/mol. The number of aliphatic hydroxyl groups is 3. The Morgan fingerprint density at radius 3 is 1.10 bits per heavy atom. The van der Waals surface area contributed by atoms with Crippen LogP contribution in [0.5, 0.6) is 0 Å². The number of hydrogen-bond donors (Lipinski definition) is 3. The number of piperazine rings is 1. The minimum absolute atomic E-state index is 0.116. The lowest BCUT2D eigenvalue weighted by atomic mass is 10.0. The van der Waals surface area contributed by atoms with E-state index in [1.54, 1.807) is 0 Å². The summed E-state index contributed by atoms with van der Waals surface area (Å²) in [6, 6.07) is 0.605. The van der Waals surface area contributed by atoms with Crippen molar-refractivity contribution in [2.24, 2.45) is 5.92 Å². The van der Waals surface area contributed by atoms with Gasteiger partial charge in [-0.2, -0.15) is 0 Å². The van der Waals surface area contributed by atoms with E-state index in [9.17, 15) is 24.9 Å². The lowest BCUT2D eigenvalue weighted by Gasteiger charge is -2.44. The van der Waals surface area contributed by atoms with Gasteiger partial charge in [0.05, 0.1) is 18.3 Å². The molecule has 0 bridgehead atoms. The maximum absolute atomic E-state index is 12.8. The molecule has 0 aromatic heterocycles. The Hall–Kier alpha value is -1.34. The fourth-order valence-electron chi connectivity index (χ4n) is 10.8. The van der Waals surface area contributed by atoms with Crippen molar-refractivity contribution < 1.29 is 34.4 Å². The van der Waals surface area contributed by atoms with Crippen LogP contribution in [0.15, 0.2) is 0 Å². The Balaban J connectivity index is 2.42. The molecule has 72 heavy (non-hydrogen) atoms. The van der Waals surface area contributed by atoms with Gasteiger partial charge in [-0.3, -0.25) is 24.3 Å². The number of rotatable bonds is 52. The first-order valence-corrected chi connectivity index (χ1v) is 31.2. The molecule has 3 N–H and O–H groups in total. The molecule has 1 fully saturated rings. The minimum atomic E-state index is -0.389.